The molecule has 3 heterocycles. The summed E-state index contributed by atoms with van der Waals surface area (Å²) >= 11 is 0. The van der Waals surface area contributed by atoms with E-state index in [0.29, 0.717) is 13.0 Å². The highest BCUT2D eigenvalue weighted by atomic mass is 16.5. The van der Waals surface area contributed by atoms with E-state index < -0.39 is 0 Å². The number of amides is 1. The second kappa shape index (κ2) is 8.07. The van der Waals surface area contributed by atoms with Gasteiger partial charge in [-0.15, -0.1) is 0 Å². The van der Waals surface area contributed by atoms with E-state index in [1.54, 1.807) is 13.3 Å². The molecule has 132 valence electrons. The van der Waals surface area contributed by atoms with Gasteiger partial charge in [-0.25, -0.2) is 4.98 Å². The predicted octanol–water partition coefficient (Wildman–Crippen LogP) is 3.23. The Balaban J connectivity index is 1.80. The molecule has 1 fully saturated rings. The third-order valence-corrected chi connectivity index (χ3v) is 4.35. The van der Waals surface area contributed by atoms with Crippen molar-refractivity contribution in [3.8, 4) is 0 Å². The van der Waals surface area contributed by atoms with Gasteiger partial charge >= 0.3 is 0 Å². The van der Waals surface area contributed by atoms with Gasteiger partial charge in [0.2, 0.25) is 5.91 Å². The quantitative estimate of drug-likeness (QED) is 0.874. The monoisotopic (exact) mass is 340 g/mol. The Hall–Kier alpha value is -2.47. The fourth-order valence-corrected chi connectivity index (χ4v) is 3.23. The van der Waals surface area contributed by atoms with Gasteiger partial charge in [-0.2, -0.15) is 0 Å². The molecule has 2 aromatic heterocycles. The fourth-order valence-electron chi connectivity index (χ4n) is 3.23. The molecule has 0 radical (unpaired) electrons. The number of ether oxygens (including phenoxy) is 1. The average Bonchev–Trinajstić information content (AvgIpc) is 3.10. The van der Waals surface area contributed by atoms with Crippen LogP contribution < -0.4 is 5.32 Å². The maximum absolute atomic E-state index is 12.4. The van der Waals surface area contributed by atoms with Crippen LogP contribution in [0.15, 0.2) is 36.5 Å². The van der Waals surface area contributed by atoms with E-state index in [4.69, 9.17) is 4.74 Å². The summed E-state index contributed by atoms with van der Waals surface area (Å²) in [6.07, 6.45) is 4.11. The SMILES string of the molecule is COCCC(=O)N1CCCC1c1cc(Nc2ccccn2)cc(C)n1. The molecule has 6 nitrogen and oxygen atoms in total. The van der Waals surface area contributed by atoms with Gasteiger partial charge in [0, 0.05) is 31.2 Å². The van der Waals surface area contributed by atoms with Gasteiger partial charge in [-0.3, -0.25) is 9.78 Å². The zero-order valence-electron chi connectivity index (χ0n) is 14.7. The minimum atomic E-state index is 0.0357. The second-order valence-corrected chi connectivity index (χ2v) is 6.25. The number of nitrogens with one attached hydrogen (secondary N) is 1. The maximum Gasteiger partial charge on any atom is 0.225 e. The molecule has 1 unspecified atom stereocenters. The average molecular weight is 340 g/mol. The molecule has 0 aromatic carbocycles. The topological polar surface area (TPSA) is 67.3 Å². The number of hydrogen-bond donors (Lipinski definition) is 1. The maximum atomic E-state index is 12.4. The Morgan fingerprint density at radius 1 is 1.40 bits per heavy atom. The highest BCUT2D eigenvalue weighted by molar-refractivity contribution is 5.77. The van der Waals surface area contributed by atoms with Gasteiger partial charge in [0.15, 0.2) is 0 Å². The number of carbonyl (C=O) groups excluding carboxylic acids is 1. The molecule has 1 N–H and O–H groups in total. The molecule has 1 saturated heterocycles. The molecule has 0 saturated carbocycles. The van der Waals surface area contributed by atoms with Gasteiger partial charge in [0.05, 0.1) is 24.8 Å². The number of carbonyl (C=O) groups is 1. The van der Waals surface area contributed by atoms with Gasteiger partial charge in [0.25, 0.3) is 0 Å². The van der Waals surface area contributed by atoms with Crippen molar-refractivity contribution in [2.75, 3.05) is 25.6 Å². The van der Waals surface area contributed by atoms with Crippen LogP contribution in [0.25, 0.3) is 0 Å². The number of aromatic nitrogens is 2. The van der Waals surface area contributed by atoms with Crippen LogP contribution in [0.2, 0.25) is 0 Å². The van der Waals surface area contributed by atoms with E-state index in [9.17, 15) is 4.79 Å². The van der Waals surface area contributed by atoms with Crippen LogP contribution in [0, 0.1) is 6.92 Å². The van der Waals surface area contributed by atoms with Gasteiger partial charge in [0.1, 0.15) is 5.82 Å². The summed E-state index contributed by atoms with van der Waals surface area (Å²) < 4.78 is 5.04. The molecule has 1 aliphatic heterocycles. The summed E-state index contributed by atoms with van der Waals surface area (Å²) in [6.45, 7) is 3.21. The normalized spacial score (nSPS) is 16.9. The molecular weight excluding hydrogens is 316 g/mol. The number of aryl methyl sites for hydroxylation is 1. The van der Waals surface area contributed by atoms with Crippen LogP contribution in [0.1, 0.15) is 36.7 Å². The molecule has 3 rings (SSSR count). The van der Waals surface area contributed by atoms with E-state index in [0.717, 1.165) is 42.3 Å². The summed E-state index contributed by atoms with van der Waals surface area (Å²) in [6, 6.07) is 9.80. The van der Waals surface area contributed by atoms with Crippen molar-refractivity contribution >= 4 is 17.4 Å². The summed E-state index contributed by atoms with van der Waals surface area (Å²) in [4.78, 5) is 23.4. The van der Waals surface area contributed by atoms with Crippen molar-refractivity contribution in [3.05, 3.63) is 47.9 Å². The Morgan fingerprint density at radius 3 is 3.04 bits per heavy atom. The number of nitrogens with zero attached hydrogens (tertiary/aromatic N) is 3. The van der Waals surface area contributed by atoms with E-state index in [1.165, 1.54) is 0 Å². The first-order valence-corrected chi connectivity index (χ1v) is 8.62. The Morgan fingerprint density at radius 2 is 2.28 bits per heavy atom. The van der Waals surface area contributed by atoms with E-state index in [-0.39, 0.29) is 11.9 Å². The minimum absolute atomic E-state index is 0.0357. The third-order valence-electron chi connectivity index (χ3n) is 4.35. The number of anilines is 2. The Bertz CT molecular complexity index is 721. The first kappa shape index (κ1) is 17.4. The van der Waals surface area contributed by atoms with Crippen LogP contribution >= 0.6 is 0 Å². The molecule has 1 amide bonds. The molecule has 1 aliphatic rings. The number of hydrogen-bond acceptors (Lipinski definition) is 5. The standard InChI is InChI=1S/C19H24N4O2/c1-14-12-15(22-18-7-3-4-9-20-18)13-16(21-14)17-6-5-10-23(17)19(24)8-11-25-2/h3-4,7,9,12-13,17H,5-6,8,10-11H2,1-2H3,(H,20,21,22). The molecule has 6 heteroatoms. The number of rotatable bonds is 6. The Labute approximate surface area is 148 Å². The lowest BCUT2D eigenvalue weighted by Crippen LogP contribution is -2.31. The molecule has 0 bridgehead atoms. The fraction of sp³-hybridized carbons (Fsp3) is 0.421. The van der Waals surface area contributed by atoms with Gasteiger partial charge < -0.3 is 15.0 Å². The van der Waals surface area contributed by atoms with Gasteiger partial charge in [-0.05, 0) is 44.0 Å². The van der Waals surface area contributed by atoms with Crippen LogP contribution in [-0.4, -0.2) is 41.0 Å². The Kier molecular flexibility index (Phi) is 5.60. The van der Waals surface area contributed by atoms with Crippen LogP contribution in [0.5, 0.6) is 0 Å². The van der Waals surface area contributed by atoms with Gasteiger partial charge in [-0.1, -0.05) is 6.07 Å². The zero-order valence-corrected chi connectivity index (χ0v) is 14.7. The summed E-state index contributed by atoms with van der Waals surface area (Å²) in [5.74, 6) is 0.922. The lowest BCUT2D eigenvalue weighted by Gasteiger charge is -2.25. The molecular formula is C19H24N4O2. The molecule has 2 aromatic rings. The lowest BCUT2D eigenvalue weighted by atomic mass is 10.1. The van der Waals surface area contributed by atoms with Crippen molar-refractivity contribution in [2.24, 2.45) is 0 Å². The largest absolute Gasteiger partial charge is 0.384 e. The first-order valence-electron chi connectivity index (χ1n) is 8.62. The minimum Gasteiger partial charge on any atom is -0.384 e. The van der Waals surface area contributed by atoms with Crippen molar-refractivity contribution in [1.29, 1.82) is 0 Å². The number of methoxy groups -OCH3 is 1. The van der Waals surface area contributed by atoms with Crippen molar-refractivity contribution in [2.45, 2.75) is 32.2 Å². The molecule has 0 aliphatic carbocycles. The summed E-state index contributed by atoms with van der Waals surface area (Å²) in [5, 5.41) is 3.31. The summed E-state index contributed by atoms with van der Waals surface area (Å²) in [7, 11) is 1.62. The van der Waals surface area contributed by atoms with E-state index in [2.05, 4.69) is 15.3 Å². The molecule has 25 heavy (non-hydrogen) atoms. The zero-order chi connectivity index (χ0) is 17.6. The van der Waals surface area contributed by atoms with E-state index in [1.807, 2.05) is 42.2 Å². The highest BCUT2D eigenvalue weighted by Crippen LogP contribution is 2.33. The summed E-state index contributed by atoms with van der Waals surface area (Å²) in [5.41, 5.74) is 2.80. The van der Waals surface area contributed by atoms with E-state index >= 15 is 0 Å². The van der Waals surface area contributed by atoms with Crippen molar-refractivity contribution in [3.63, 3.8) is 0 Å². The number of pyridine rings is 2. The van der Waals surface area contributed by atoms with Crippen LogP contribution in [0.3, 0.4) is 0 Å². The smallest absolute Gasteiger partial charge is 0.225 e. The van der Waals surface area contributed by atoms with Crippen molar-refractivity contribution in [1.82, 2.24) is 14.9 Å². The molecule has 1 atom stereocenters. The predicted molar refractivity (Wildman–Crippen MR) is 96.7 cm³/mol. The molecule has 0 spiro atoms. The highest BCUT2D eigenvalue weighted by Gasteiger charge is 2.30. The third kappa shape index (κ3) is 4.33. The first-order chi connectivity index (χ1) is 12.2. The van der Waals surface area contributed by atoms with Crippen molar-refractivity contribution < 1.29 is 9.53 Å². The lowest BCUT2D eigenvalue weighted by molar-refractivity contribution is -0.133. The number of likely N-dealkylation sites (tertiary alicyclic amines) is 1. The second-order valence-electron chi connectivity index (χ2n) is 6.25. The van der Waals surface area contributed by atoms with Crippen LogP contribution in [-0.2, 0) is 9.53 Å². The van der Waals surface area contributed by atoms with Crippen LogP contribution in [0.4, 0.5) is 11.5 Å².